The van der Waals surface area contributed by atoms with Crippen molar-refractivity contribution >= 4 is 6.09 Å². The molecule has 0 atom stereocenters. The number of ether oxygens (including phenoxy) is 1. The molecule has 1 rings (SSSR count). The highest BCUT2D eigenvalue weighted by atomic mass is 35.5. The summed E-state index contributed by atoms with van der Waals surface area (Å²) in [6.07, 6.45) is -1.16. The van der Waals surface area contributed by atoms with E-state index in [0.717, 1.165) is 4.90 Å². The maximum atomic E-state index is 9.51. The lowest BCUT2D eigenvalue weighted by molar-refractivity contribution is -0.886. The average molecular weight is 306 g/mol. The van der Waals surface area contributed by atoms with Gasteiger partial charge in [-0.2, -0.15) is 0 Å². The molecule has 0 aromatic heterocycles. The highest BCUT2D eigenvalue weighted by molar-refractivity contribution is 5.61. The number of carboxylic acid groups (broad SMARTS) is 1. The monoisotopic (exact) mass is 305 g/mol. The van der Waals surface area contributed by atoms with Gasteiger partial charge in [0.2, 0.25) is 6.73 Å². The van der Waals surface area contributed by atoms with Gasteiger partial charge in [-0.15, -0.1) is 0 Å². The van der Waals surface area contributed by atoms with E-state index in [1.54, 1.807) is 18.2 Å². The van der Waals surface area contributed by atoms with Gasteiger partial charge in [-0.05, 0) is 12.1 Å². The summed E-state index contributed by atoms with van der Waals surface area (Å²) in [5.74, 6) is 0.728. The zero-order chi connectivity index (χ0) is 15.1. The summed E-state index contributed by atoms with van der Waals surface area (Å²) in [7, 11) is 8.91. The number of para-hydroxylation sites is 2. The van der Waals surface area contributed by atoms with Crippen molar-refractivity contribution in [2.24, 2.45) is 0 Å². The van der Waals surface area contributed by atoms with Crippen LogP contribution in [0.3, 0.4) is 0 Å². The summed E-state index contributed by atoms with van der Waals surface area (Å²) >= 11 is 0. The second-order valence-electron chi connectivity index (χ2n) is 5.19. The number of aromatic hydroxyl groups is 1. The van der Waals surface area contributed by atoms with Crippen LogP contribution in [0.25, 0.3) is 0 Å². The highest BCUT2D eigenvalue weighted by Gasteiger charge is 2.08. The molecule has 0 heterocycles. The van der Waals surface area contributed by atoms with Crippen molar-refractivity contribution in [2.75, 3.05) is 42.0 Å². The number of hydrogen-bond acceptors (Lipinski definition) is 4. The normalized spacial score (nSPS) is 9.65. The molecular weight excluding hydrogens is 284 g/mol. The third-order valence-corrected chi connectivity index (χ3v) is 1.84. The van der Waals surface area contributed by atoms with Crippen molar-refractivity contribution in [2.45, 2.75) is 0 Å². The quantitative estimate of drug-likeness (QED) is 0.488. The van der Waals surface area contributed by atoms with Crippen LogP contribution in [0.5, 0.6) is 11.5 Å². The maximum absolute atomic E-state index is 9.51. The Bertz CT molecular complexity index is 406. The van der Waals surface area contributed by atoms with Crippen LogP contribution in [-0.2, 0) is 0 Å². The first-order valence-electron chi connectivity index (χ1n) is 5.73. The maximum Gasteiger partial charge on any atom is 0.223 e. The molecule has 0 unspecified atom stereocenters. The SMILES string of the molecule is CN(C)C(=O)[O-].C[N+](C)(C)COc1ccccc1O.[Cl-]. The smallest absolute Gasteiger partial charge is 0.223 e. The van der Waals surface area contributed by atoms with Gasteiger partial charge in [0.1, 0.15) is 6.09 Å². The van der Waals surface area contributed by atoms with E-state index in [1.807, 2.05) is 27.2 Å². The van der Waals surface area contributed by atoms with Gasteiger partial charge in [0.15, 0.2) is 11.5 Å². The summed E-state index contributed by atoms with van der Waals surface area (Å²) in [6, 6.07) is 6.98. The molecular formula is C13H22ClN2O4-. The number of hydrogen-bond donors (Lipinski definition) is 1. The fourth-order valence-corrected chi connectivity index (χ4v) is 0.842. The van der Waals surface area contributed by atoms with E-state index in [0.29, 0.717) is 17.0 Å². The second-order valence-corrected chi connectivity index (χ2v) is 5.19. The first-order chi connectivity index (χ1) is 8.63. The van der Waals surface area contributed by atoms with Crippen LogP contribution in [-0.4, -0.2) is 62.6 Å². The summed E-state index contributed by atoms with van der Waals surface area (Å²) < 4.78 is 6.13. The number of benzene rings is 1. The Morgan fingerprint density at radius 1 is 1.30 bits per heavy atom. The third-order valence-electron chi connectivity index (χ3n) is 1.84. The van der Waals surface area contributed by atoms with Crippen LogP contribution < -0.4 is 22.3 Å². The predicted octanol–water partition coefficient (Wildman–Crippen LogP) is -2.67. The van der Waals surface area contributed by atoms with Crippen molar-refractivity contribution in [1.29, 1.82) is 0 Å². The van der Waals surface area contributed by atoms with Gasteiger partial charge < -0.3 is 37.1 Å². The zero-order valence-electron chi connectivity index (χ0n) is 12.5. The predicted molar refractivity (Wildman–Crippen MR) is 70.7 cm³/mol. The molecule has 1 amide bonds. The van der Waals surface area contributed by atoms with Gasteiger partial charge in [-0.25, -0.2) is 0 Å². The molecule has 116 valence electrons. The number of quaternary nitrogens is 1. The Hall–Kier alpha value is -1.66. The van der Waals surface area contributed by atoms with Gasteiger partial charge in [0, 0.05) is 14.1 Å². The molecule has 0 radical (unpaired) electrons. The van der Waals surface area contributed by atoms with Gasteiger partial charge in [-0.3, -0.25) is 4.48 Å². The molecule has 1 N–H and O–H groups in total. The van der Waals surface area contributed by atoms with Gasteiger partial charge in [-0.1, -0.05) is 12.1 Å². The van der Waals surface area contributed by atoms with Gasteiger partial charge >= 0.3 is 0 Å². The molecule has 6 nitrogen and oxygen atoms in total. The summed E-state index contributed by atoms with van der Waals surface area (Å²) in [4.78, 5) is 10.5. The molecule has 0 saturated heterocycles. The van der Waals surface area contributed by atoms with Crippen molar-refractivity contribution < 1.29 is 36.6 Å². The van der Waals surface area contributed by atoms with Crippen LogP contribution in [0, 0.1) is 0 Å². The van der Waals surface area contributed by atoms with Crippen molar-refractivity contribution in [3.8, 4) is 11.5 Å². The van der Waals surface area contributed by atoms with E-state index in [-0.39, 0.29) is 18.2 Å². The molecule has 0 aliphatic rings. The number of nitrogens with zero attached hydrogens (tertiary/aromatic N) is 2. The van der Waals surface area contributed by atoms with E-state index in [2.05, 4.69) is 0 Å². The molecule has 20 heavy (non-hydrogen) atoms. The van der Waals surface area contributed by atoms with E-state index in [4.69, 9.17) is 4.74 Å². The highest BCUT2D eigenvalue weighted by Crippen LogP contribution is 2.24. The molecule has 0 fully saturated rings. The van der Waals surface area contributed by atoms with Gasteiger partial charge in [0.25, 0.3) is 0 Å². The topological polar surface area (TPSA) is 72.8 Å². The number of phenols is 1. The summed E-state index contributed by atoms with van der Waals surface area (Å²) in [6.45, 7) is 0.539. The molecule has 0 bridgehead atoms. The Kier molecular flexibility index (Phi) is 9.58. The number of carbonyl (C=O) groups excluding carboxylic acids is 1. The van der Waals surface area contributed by atoms with Crippen molar-refractivity contribution in [3.63, 3.8) is 0 Å². The van der Waals surface area contributed by atoms with Crippen LogP contribution in [0.1, 0.15) is 0 Å². The Morgan fingerprint density at radius 2 is 1.75 bits per heavy atom. The first kappa shape index (κ1) is 20.7. The Balaban J connectivity index is 0. The summed E-state index contributed by atoms with van der Waals surface area (Å²) in [5, 5.41) is 18.9. The minimum atomic E-state index is -1.16. The molecule has 0 aliphatic carbocycles. The molecule has 7 heteroatoms. The summed E-state index contributed by atoms with van der Waals surface area (Å²) in [5.41, 5.74) is 0. The van der Waals surface area contributed by atoms with Crippen LogP contribution >= 0.6 is 0 Å². The second kappa shape index (κ2) is 9.28. The van der Waals surface area contributed by atoms with E-state index in [9.17, 15) is 15.0 Å². The number of phenolic OH excluding ortho intramolecular Hbond substituents is 1. The fourth-order valence-electron chi connectivity index (χ4n) is 0.842. The van der Waals surface area contributed by atoms with Crippen LogP contribution in [0.4, 0.5) is 4.79 Å². The minimum Gasteiger partial charge on any atom is -1.00 e. The third kappa shape index (κ3) is 10.3. The molecule has 1 aromatic carbocycles. The number of halogens is 1. The van der Waals surface area contributed by atoms with E-state index < -0.39 is 6.09 Å². The average Bonchev–Trinajstić information content (AvgIpc) is 2.27. The van der Waals surface area contributed by atoms with Gasteiger partial charge in [0.05, 0.1) is 21.1 Å². The van der Waals surface area contributed by atoms with E-state index in [1.165, 1.54) is 14.1 Å². The number of rotatable bonds is 3. The van der Waals surface area contributed by atoms with Crippen LogP contribution in [0.2, 0.25) is 0 Å². The lowest BCUT2D eigenvalue weighted by Gasteiger charge is -2.23. The lowest BCUT2D eigenvalue weighted by atomic mass is 10.3. The standard InChI is InChI=1S/C10H15NO2.C3H7NO2.ClH/c1-11(2,3)8-13-10-7-5-4-6-9(10)12;1-4(2)3(5)6;/h4-7H,8H2,1-3H3;1-2H3,(H,5,6);1H/p-1. The number of amides is 1. The zero-order valence-corrected chi connectivity index (χ0v) is 13.2. The van der Waals surface area contributed by atoms with Crippen molar-refractivity contribution in [1.82, 2.24) is 4.90 Å². The molecule has 0 spiro atoms. The lowest BCUT2D eigenvalue weighted by Crippen LogP contribution is -3.00. The Morgan fingerprint density at radius 3 is 2.10 bits per heavy atom. The fraction of sp³-hybridized carbons (Fsp3) is 0.462. The molecule has 1 aromatic rings. The minimum absolute atomic E-state index is 0. The molecule has 0 saturated carbocycles. The van der Waals surface area contributed by atoms with E-state index >= 15 is 0 Å². The molecule has 0 aliphatic heterocycles. The number of carbonyl (C=O) groups is 1. The Labute approximate surface area is 126 Å². The largest absolute Gasteiger partial charge is 1.00 e. The van der Waals surface area contributed by atoms with Crippen LogP contribution in [0.15, 0.2) is 24.3 Å². The van der Waals surface area contributed by atoms with Crippen molar-refractivity contribution in [3.05, 3.63) is 24.3 Å². The first-order valence-corrected chi connectivity index (χ1v) is 5.73.